The Kier molecular flexibility index (Phi) is 7.20. The first kappa shape index (κ1) is 29.8. The molecule has 0 aliphatic heterocycles. The highest BCUT2D eigenvalue weighted by Gasteiger charge is 2.72. The summed E-state index contributed by atoms with van der Waals surface area (Å²) in [7, 11) is 0. The van der Waals surface area contributed by atoms with Gasteiger partial charge in [-0.3, -0.25) is 14.4 Å². The van der Waals surface area contributed by atoms with Crippen LogP contribution in [-0.4, -0.2) is 36.9 Å². The molecule has 5 aliphatic carbocycles. The summed E-state index contributed by atoms with van der Waals surface area (Å²) in [5.41, 5.74) is 5.94. The lowest BCUT2D eigenvalue weighted by Gasteiger charge is -2.70. The second-order valence-corrected chi connectivity index (χ2v) is 15.8. The van der Waals surface area contributed by atoms with Crippen LogP contribution >= 0.6 is 0 Å². The standard InChI is InChI=1S/C34H54N2O4/c1-20-9-12-30(4)15-16-32(6)23(27(30)21(20)2)19-24(38)28-31(5)13-11-26(40-22(3)37)34(8,29(39)36-18-17-35)25(31)10-14-33(28,32)7/h19-21,25-28H,9-18,35H2,1-8H3,(H,36,39)/t20-,21+,25?,26?,27?,28?,30-,31+,32-,33-,34-/m1/s1. The SMILES string of the molecule is CC(=O)OC1CC[C@@]2(C)C(CC[C@]3(C)C2C(=O)C=C2C4[C@@H](C)[C@H](C)CC[C@]4(C)CC[C@]23C)[C@@]1(C)C(=O)NCCN. The summed E-state index contributed by atoms with van der Waals surface area (Å²) in [5, 5.41) is 3.03. The summed E-state index contributed by atoms with van der Waals surface area (Å²) in [6.07, 6.45) is 9.57. The Hall–Kier alpha value is -1.69. The maximum absolute atomic E-state index is 14.6. The normalized spacial score (nSPS) is 49.9. The molecule has 224 valence electrons. The minimum atomic E-state index is -0.918. The highest BCUT2D eigenvalue weighted by atomic mass is 16.5. The molecule has 6 heteroatoms. The molecule has 11 atom stereocenters. The van der Waals surface area contributed by atoms with Gasteiger partial charge in [-0.15, -0.1) is 0 Å². The highest BCUT2D eigenvalue weighted by Crippen LogP contribution is 2.75. The first-order valence-corrected chi connectivity index (χ1v) is 16.0. The van der Waals surface area contributed by atoms with Gasteiger partial charge in [0.1, 0.15) is 6.10 Å². The molecular formula is C34H54N2O4. The van der Waals surface area contributed by atoms with Gasteiger partial charge in [0.2, 0.25) is 5.91 Å². The smallest absolute Gasteiger partial charge is 0.302 e. The quantitative estimate of drug-likeness (QED) is 0.426. The highest BCUT2D eigenvalue weighted by molar-refractivity contribution is 5.96. The molecule has 1 amide bonds. The summed E-state index contributed by atoms with van der Waals surface area (Å²) in [4.78, 5) is 40.6. The molecule has 4 fully saturated rings. The van der Waals surface area contributed by atoms with Gasteiger partial charge >= 0.3 is 5.97 Å². The number of nitrogens with one attached hydrogen (secondary N) is 1. The van der Waals surface area contributed by atoms with Crippen molar-refractivity contribution in [3.05, 3.63) is 11.6 Å². The molecule has 0 radical (unpaired) electrons. The minimum absolute atomic E-state index is 0.0417. The Morgan fingerprint density at radius 2 is 1.70 bits per heavy atom. The number of allylic oxidation sites excluding steroid dienone is 2. The number of ether oxygens (including phenoxy) is 1. The van der Waals surface area contributed by atoms with Crippen molar-refractivity contribution in [3.8, 4) is 0 Å². The van der Waals surface area contributed by atoms with Crippen LogP contribution in [0.15, 0.2) is 11.6 Å². The molecule has 0 aromatic rings. The van der Waals surface area contributed by atoms with E-state index in [-0.39, 0.29) is 51.2 Å². The fourth-order valence-corrected chi connectivity index (χ4v) is 11.4. The monoisotopic (exact) mass is 554 g/mol. The van der Waals surface area contributed by atoms with Gasteiger partial charge in [0.25, 0.3) is 0 Å². The van der Waals surface area contributed by atoms with E-state index in [1.165, 1.54) is 31.8 Å². The van der Waals surface area contributed by atoms with Crippen molar-refractivity contribution in [1.29, 1.82) is 0 Å². The van der Waals surface area contributed by atoms with Crippen molar-refractivity contribution in [1.82, 2.24) is 5.32 Å². The molecule has 0 heterocycles. The van der Waals surface area contributed by atoms with Crippen LogP contribution in [0.25, 0.3) is 0 Å². The van der Waals surface area contributed by atoms with Crippen LogP contribution in [0.5, 0.6) is 0 Å². The fraction of sp³-hybridized carbons (Fsp3) is 0.853. The average Bonchev–Trinajstić information content (AvgIpc) is 2.88. The van der Waals surface area contributed by atoms with E-state index in [1.54, 1.807) is 0 Å². The third kappa shape index (κ3) is 3.86. The number of amides is 1. The van der Waals surface area contributed by atoms with Gasteiger partial charge in [-0.25, -0.2) is 0 Å². The lowest BCUT2D eigenvalue weighted by atomic mass is 9.33. The van der Waals surface area contributed by atoms with E-state index >= 15 is 0 Å². The largest absolute Gasteiger partial charge is 0.461 e. The maximum Gasteiger partial charge on any atom is 0.302 e. The van der Waals surface area contributed by atoms with Crippen LogP contribution in [0.4, 0.5) is 0 Å². The number of rotatable bonds is 4. The number of hydrogen-bond donors (Lipinski definition) is 2. The molecule has 5 rings (SSSR count). The van der Waals surface area contributed by atoms with Gasteiger partial charge in [-0.05, 0) is 110 Å². The molecule has 40 heavy (non-hydrogen) atoms. The fourth-order valence-electron chi connectivity index (χ4n) is 11.4. The van der Waals surface area contributed by atoms with Gasteiger partial charge in [0.15, 0.2) is 5.78 Å². The van der Waals surface area contributed by atoms with Crippen LogP contribution in [0.3, 0.4) is 0 Å². The van der Waals surface area contributed by atoms with Gasteiger partial charge in [0.05, 0.1) is 5.41 Å². The summed E-state index contributed by atoms with van der Waals surface area (Å²) in [5.74, 6) is 1.27. The number of hydrogen-bond acceptors (Lipinski definition) is 5. The number of esters is 1. The zero-order valence-corrected chi connectivity index (χ0v) is 26.3. The van der Waals surface area contributed by atoms with Gasteiger partial charge < -0.3 is 15.8 Å². The third-order valence-electron chi connectivity index (χ3n) is 14.0. The summed E-state index contributed by atoms with van der Waals surface area (Å²) in [6.45, 7) is 18.6. The first-order valence-electron chi connectivity index (χ1n) is 16.0. The van der Waals surface area contributed by atoms with Gasteiger partial charge in [-0.2, -0.15) is 0 Å². The number of nitrogens with two attached hydrogens (primary N) is 1. The Morgan fingerprint density at radius 1 is 1.00 bits per heavy atom. The van der Waals surface area contributed by atoms with Gasteiger partial charge in [-0.1, -0.05) is 47.1 Å². The van der Waals surface area contributed by atoms with Crippen LogP contribution in [0.1, 0.15) is 107 Å². The number of carbonyl (C=O) groups is 3. The molecule has 4 saturated carbocycles. The van der Waals surface area contributed by atoms with E-state index < -0.39 is 11.5 Å². The summed E-state index contributed by atoms with van der Waals surface area (Å²) in [6, 6.07) is 0. The number of fused-ring (bicyclic) bond motifs is 7. The van der Waals surface area contributed by atoms with Crippen molar-refractivity contribution in [2.24, 2.45) is 62.4 Å². The Morgan fingerprint density at radius 3 is 2.35 bits per heavy atom. The second kappa shape index (κ2) is 9.67. The lowest BCUT2D eigenvalue weighted by molar-refractivity contribution is -0.214. The molecule has 0 spiro atoms. The average molecular weight is 555 g/mol. The van der Waals surface area contributed by atoms with Gasteiger partial charge in [0, 0.05) is 25.9 Å². The molecule has 3 N–H and O–H groups in total. The predicted molar refractivity (Wildman–Crippen MR) is 157 cm³/mol. The van der Waals surface area contributed by atoms with Crippen molar-refractivity contribution < 1.29 is 19.1 Å². The molecule has 0 bridgehead atoms. The number of carbonyl (C=O) groups excluding carboxylic acids is 3. The second-order valence-electron chi connectivity index (χ2n) is 15.8. The van der Waals surface area contributed by atoms with Crippen molar-refractivity contribution in [2.75, 3.05) is 13.1 Å². The van der Waals surface area contributed by atoms with Crippen LogP contribution < -0.4 is 11.1 Å². The van der Waals surface area contributed by atoms with E-state index in [2.05, 4.69) is 52.9 Å². The van der Waals surface area contributed by atoms with Crippen molar-refractivity contribution in [2.45, 2.75) is 113 Å². The van der Waals surface area contributed by atoms with E-state index in [4.69, 9.17) is 10.5 Å². The van der Waals surface area contributed by atoms with Crippen molar-refractivity contribution in [3.63, 3.8) is 0 Å². The Labute approximate surface area is 242 Å². The van der Waals surface area contributed by atoms with Crippen LogP contribution in [0, 0.1) is 56.7 Å². The molecule has 0 aromatic carbocycles. The van der Waals surface area contributed by atoms with E-state index in [1.807, 2.05) is 6.92 Å². The maximum atomic E-state index is 14.6. The minimum Gasteiger partial charge on any atom is -0.461 e. The Bertz CT molecular complexity index is 1120. The van der Waals surface area contributed by atoms with E-state index in [0.717, 1.165) is 25.7 Å². The zero-order valence-electron chi connectivity index (χ0n) is 26.3. The molecular weight excluding hydrogens is 500 g/mol. The predicted octanol–water partition coefficient (Wildman–Crippen LogP) is 5.83. The molecule has 5 aliphatic rings. The molecule has 4 unspecified atom stereocenters. The van der Waals surface area contributed by atoms with Crippen molar-refractivity contribution >= 4 is 17.7 Å². The lowest BCUT2D eigenvalue weighted by Crippen LogP contribution is -2.69. The zero-order chi connectivity index (χ0) is 29.5. The molecule has 0 aromatic heterocycles. The topological polar surface area (TPSA) is 98.5 Å². The molecule has 0 saturated heterocycles. The van der Waals surface area contributed by atoms with E-state index in [9.17, 15) is 14.4 Å². The molecule has 6 nitrogen and oxygen atoms in total. The van der Waals surface area contributed by atoms with Crippen LogP contribution in [-0.2, 0) is 19.1 Å². The number of ketones is 1. The Balaban J connectivity index is 1.60. The van der Waals surface area contributed by atoms with E-state index in [0.29, 0.717) is 37.3 Å². The third-order valence-corrected chi connectivity index (χ3v) is 14.0. The first-order chi connectivity index (χ1) is 18.6. The van der Waals surface area contributed by atoms with Crippen LogP contribution in [0.2, 0.25) is 0 Å². The summed E-state index contributed by atoms with van der Waals surface area (Å²) >= 11 is 0. The summed E-state index contributed by atoms with van der Waals surface area (Å²) < 4.78 is 5.86.